The molecule has 2 aliphatic heterocycles. The number of hydrogen-bond donors (Lipinski definition) is 5. The highest BCUT2D eigenvalue weighted by Crippen LogP contribution is 2.15. The van der Waals surface area contributed by atoms with E-state index in [4.69, 9.17) is 10.2 Å². The first-order valence-electron chi connectivity index (χ1n) is 6.14. The topological polar surface area (TPSA) is 117 Å². The van der Waals surface area contributed by atoms with Gasteiger partial charge in [0.05, 0.1) is 13.2 Å². The maximum absolute atomic E-state index is 11.7. The molecule has 3 amide bonds. The Labute approximate surface area is 110 Å². The van der Waals surface area contributed by atoms with Gasteiger partial charge in [0.2, 0.25) is 5.91 Å². The van der Waals surface area contributed by atoms with Crippen LogP contribution in [-0.2, 0) is 4.79 Å². The van der Waals surface area contributed by atoms with Crippen molar-refractivity contribution in [2.75, 3.05) is 33.4 Å². The molecule has 0 aliphatic carbocycles. The van der Waals surface area contributed by atoms with Gasteiger partial charge in [0.1, 0.15) is 18.5 Å². The molecule has 2 saturated heterocycles. The summed E-state index contributed by atoms with van der Waals surface area (Å²) in [6, 6.07) is -0.996. The average molecular weight is 273 g/mol. The van der Waals surface area contributed by atoms with Gasteiger partial charge in [0, 0.05) is 20.1 Å². The molecular weight excluding hydrogens is 254 g/mol. The fourth-order valence-electron chi connectivity index (χ4n) is 2.36. The van der Waals surface area contributed by atoms with Crippen molar-refractivity contribution in [3.8, 4) is 0 Å². The van der Waals surface area contributed by atoms with Crippen molar-refractivity contribution in [1.29, 1.82) is 0 Å². The van der Waals surface area contributed by atoms with E-state index < -0.39 is 18.2 Å². The second-order valence-corrected chi connectivity index (χ2v) is 4.55. The molecule has 0 aromatic carbocycles. The highest BCUT2D eigenvalue weighted by atomic mass is 16.3. The number of likely N-dealkylation sites (N-methyl/N-ethyl adjacent to an activating group) is 1. The summed E-state index contributed by atoms with van der Waals surface area (Å²) in [4.78, 5) is 26.4. The number of hydrogen-bond acceptors (Lipinski definition) is 7. The quantitative estimate of drug-likeness (QED) is 0.355. The van der Waals surface area contributed by atoms with Gasteiger partial charge in [0.25, 0.3) is 0 Å². The number of carbonyl (C=O) groups is 2. The highest BCUT2D eigenvalue weighted by molar-refractivity contribution is 6.00. The van der Waals surface area contributed by atoms with Crippen molar-refractivity contribution in [3.05, 3.63) is 0 Å². The molecule has 0 aromatic heterocycles. The minimum Gasteiger partial charge on any atom is -0.395 e. The molecule has 2 rings (SSSR count). The number of urea groups is 1. The van der Waals surface area contributed by atoms with E-state index in [9.17, 15) is 9.59 Å². The molecule has 2 aliphatic rings. The van der Waals surface area contributed by atoms with E-state index >= 15 is 0 Å². The van der Waals surface area contributed by atoms with Crippen LogP contribution in [0.2, 0.25) is 0 Å². The van der Waals surface area contributed by atoms with Crippen molar-refractivity contribution in [2.45, 2.75) is 18.5 Å². The third-order valence-corrected chi connectivity index (χ3v) is 3.37. The van der Waals surface area contributed by atoms with Crippen LogP contribution in [0.1, 0.15) is 0 Å². The van der Waals surface area contributed by atoms with Gasteiger partial charge in [0.15, 0.2) is 0 Å². The average Bonchev–Trinajstić information content (AvgIpc) is 2.81. The van der Waals surface area contributed by atoms with Gasteiger partial charge in [-0.3, -0.25) is 25.6 Å². The van der Waals surface area contributed by atoms with E-state index in [1.165, 1.54) is 4.90 Å². The van der Waals surface area contributed by atoms with Crippen LogP contribution in [0.4, 0.5) is 4.79 Å². The molecule has 2 heterocycles. The Kier molecular flexibility index (Phi) is 4.32. The van der Waals surface area contributed by atoms with E-state index in [1.807, 2.05) is 0 Å². The number of aliphatic hydroxyl groups excluding tert-OH is 2. The maximum atomic E-state index is 11.7. The first kappa shape index (κ1) is 14.2. The van der Waals surface area contributed by atoms with Crippen molar-refractivity contribution in [1.82, 2.24) is 25.8 Å². The molecule has 0 spiro atoms. The summed E-state index contributed by atoms with van der Waals surface area (Å²) in [5.74, 6) is -0.379. The van der Waals surface area contributed by atoms with E-state index in [1.54, 1.807) is 11.9 Å². The Bertz CT molecular complexity index is 360. The van der Waals surface area contributed by atoms with Crippen LogP contribution in [0.25, 0.3) is 0 Å². The van der Waals surface area contributed by atoms with E-state index in [-0.39, 0.29) is 25.4 Å². The predicted molar refractivity (Wildman–Crippen MR) is 64.7 cm³/mol. The van der Waals surface area contributed by atoms with Gasteiger partial charge in [-0.15, -0.1) is 0 Å². The van der Waals surface area contributed by atoms with Gasteiger partial charge < -0.3 is 15.1 Å². The minimum absolute atomic E-state index is 0.0594. The van der Waals surface area contributed by atoms with Crippen LogP contribution in [0, 0.1) is 0 Å². The van der Waals surface area contributed by atoms with Crippen LogP contribution < -0.4 is 16.0 Å². The first-order valence-corrected chi connectivity index (χ1v) is 6.14. The van der Waals surface area contributed by atoms with Crippen LogP contribution in [0.3, 0.4) is 0 Å². The standard InChI is InChI=1S/C10H19N5O4/c1-14-7-6(8(18)13-10(14)19)11-9(12-7)15(2-4-16)3-5-17/h6-7,9,11-12,16-17H,2-5H2,1H3,(H,13,18,19). The molecule has 0 radical (unpaired) electrons. The third-order valence-electron chi connectivity index (χ3n) is 3.37. The van der Waals surface area contributed by atoms with E-state index in [0.717, 1.165) is 0 Å². The van der Waals surface area contributed by atoms with E-state index in [0.29, 0.717) is 13.1 Å². The van der Waals surface area contributed by atoms with Crippen LogP contribution in [0.15, 0.2) is 0 Å². The Morgan fingerprint density at radius 2 is 1.84 bits per heavy atom. The van der Waals surface area contributed by atoms with Gasteiger partial charge in [-0.2, -0.15) is 0 Å². The number of nitrogens with zero attached hydrogens (tertiary/aromatic N) is 2. The van der Waals surface area contributed by atoms with Crippen molar-refractivity contribution < 1.29 is 19.8 Å². The van der Waals surface area contributed by atoms with Crippen LogP contribution >= 0.6 is 0 Å². The lowest BCUT2D eigenvalue weighted by Gasteiger charge is -2.33. The lowest BCUT2D eigenvalue weighted by atomic mass is 10.2. The van der Waals surface area contributed by atoms with Gasteiger partial charge >= 0.3 is 6.03 Å². The molecule has 9 heteroatoms. The zero-order valence-electron chi connectivity index (χ0n) is 10.7. The minimum atomic E-state index is -0.549. The summed E-state index contributed by atoms with van der Waals surface area (Å²) in [6.07, 6.45) is -0.820. The van der Waals surface area contributed by atoms with E-state index in [2.05, 4.69) is 16.0 Å². The number of carbonyl (C=O) groups excluding carboxylic acids is 2. The maximum Gasteiger partial charge on any atom is 0.325 e. The molecule has 9 nitrogen and oxygen atoms in total. The largest absolute Gasteiger partial charge is 0.395 e. The fourth-order valence-corrected chi connectivity index (χ4v) is 2.36. The number of aliphatic hydroxyl groups is 2. The number of rotatable bonds is 5. The number of nitrogens with one attached hydrogen (secondary N) is 3. The van der Waals surface area contributed by atoms with Crippen molar-refractivity contribution in [2.24, 2.45) is 0 Å². The summed E-state index contributed by atoms with van der Waals surface area (Å²) in [6.45, 7) is 0.584. The molecule has 0 bridgehead atoms. The van der Waals surface area contributed by atoms with Crippen molar-refractivity contribution >= 4 is 11.9 Å². The number of imide groups is 1. The highest BCUT2D eigenvalue weighted by Gasteiger charge is 2.47. The SMILES string of the molecule is CN1C(=O)NC(=O)C2NC(N(CCO)CCO)NC21. The summed E-state index contributed by atoms with van der Waals surface area (Å²) < 4.78 is 0. The van der Waals surface area contributed by atoms with Crippen LogP contribution in [0.5, 0.6) is 0 Å². The van der Waals surface area contributed by atoms with Crippen LogP contribution in [-0.4, -0.2) is 83.8 Å². The third kappa shape index (κ3) is 2.69. The molecule has 2 fully saturated rings. The lowest BCUT2D eigenvalue weighted by molar-refractivity contribution is -0.124. The summed E-state index contributed by atoms with van der Waals surface area (Å²) in [5.41, 5.74) is 0. The smallest absolute Gasteiger partial charge is 0.325 e. The summed E-state index contributed by atoms with van der Waals surface area (Å²) >= 11 is 0. The zero-order valence-corrected chi connectivity index (χ0v) is 10.7. The Morgan fingerprint density at radius 3 is 2.42 bits per heavy atom. The molecular formula is C10H19N5O4. The summed E-state index contributed by atoms with van der Waals surface area (Å²) in [7, 11) is 1.60. The normalized spacial score (nSPS) is 30.7. The molecule has 19 heavy (non-hydrogen) atoms. The predicted octanol–water partition coefficient (Wildman–Crippen LogP) is -3.37. The second kappa shape index (κ2) is 5.80. The molecule has 0 saturated carbocycles. The number of amides is 3. The monoisotopic (exact) mass is 273 g/mol. The summed E-state index contributed by atoms with van der Waals surface area (Å²) in [5, 5.41) is 26.4. The fraction of sp³-hybridized carbons (Fsp3) is 0.800. The Morgan fingerprint density at radius 1 is 1.21 bits per heavy atom. The number of fused-ring (bicyclic) bond motifs is 1. The first-order chi connectivity index (χ1) is 9.08. The van der Waals surface area contributed by atoms with Gasteiger partial charge in [-0.1, -0.05) is 0 Å². The van der Waals surface area contributed by atoms with Gasteiger partial charge in [-0.05, 0) is 0 Å². The molecule has 3 unspecified atom stereocenters. The zero-order chi connectivity index (χ0) is 14.0. The molecule has 3 atom stereocenters. The molecule has 5 N–H and O–H groups in total. The molecule has 108 valence electrons. The lowest BCUT2D eigenvalue weighted by Crippen LogP contribution is -2.64. The second-order valence-electron chi connectivity index (χ2n) is 4.55. The molecule has 0 aromatic rings. The Balaban J connectivity index is 2.07. The van der Waals surface area contributed by atoms with Crippen molar-refractivity contribution in [3.63, 3.8) is 0 Å². The Hall–Kier alpha value is -1.26. The van der Waals surface area contributed by atoms with Gasteiger partial charge in [-0.25, -0.2) is 4.79 Å².